The van der Waals surface area contributed by atoms with Gasteiger partial charge < -0.3 is 20.5 Å². The van der Waals surface area contributed by atoms with Gasteiger partial charge in [0, 0.05) is 12.8 Å². The SMILES string of the molecule is CCC(NC(=O)CCCCCCCCCCCCCCC(C)C)OC(=O)CO.CNC. The first kappa shape index (κ1) is 32.0. The molecule has 6 heteroatoms. The van der Waals surface area contributed by atoms with Crippen LogP contribution in [0.4, 0.5) is 0 Å². The van der Waals surface area contributed by atoms with Crippen LogP contribution in [-0.4, -0.2) is 43.9 Å². The minimum atomic E-state index is -0.710. The van der Waals surface area contributed by atoms with Gasteiger partial charge in [0.15, 0.2) is 6.23 Å². The van der Waals surface area contributed by atoms with Crippen LogP contribution in [0.2, 0.25) is 0 Å². The second-order valence-corrected chi connectivity index (χ2v) is 8.79. The number of amides is 1. The highest BCUT2D eigenvalue weighted by atomic mass is 16.6. The quantitative estimate of drug-likeness (QED) is 0.142. The number of hydrogen-bond donors (Lipinski definition) is 3. The molecule has 0 aliphatic heterocycles. The number of rotatable bonds is 19. The van der Waals surface area contributed by atoms with E-state index < -0.39 is 18.8 Å². The fourth-order valence-electron chi connectivity index (χ4n) is 3.27. The predicted octanol–water partition coefficient (Wildman–Crippen LogP) is 5.33. The van der Waals surface area contributed by atoms with Crippen LogP contribution in [0.3, 0.4) is 0 Å². The van der Waals surface area contributed by atoms with Crippen LogP contribution in [0.25, 0.3) is 0 Å². The van der Waals surface area contributed by atoms with E-state index in [0.717, 1.165) is 18.8 Å². The lowest BCUT2D eigenvalue weighted by Gasteiger charge is -2.17. The van der Waals surface area contributed by atoms with E-state index in [-0.39, 0.29) is 5.91 Å². The Bertz CT molecular complexity index is 403. The molecule has 0 aromatic carbocycles. The molecule has 0 aliphatic rings. The van der Waals surface area contributed by atoms with E-state index in [9.17, 15) is 9.59 Å². The number of unbranched alkanes of at least 4 members (excludes halogenated alkanes) is 11. The van der Waals surface area contributed by atoms with E-state index in [1.807, 2.05) is 21.0 Å². The Kier molecular flexibility index (Phi) is 26.0. The maximum absolute atomic E-state index is 11.9. The largest absolute Gasteiger partial charge is 0.440 e. The molecule has 0 heterocycles. The standard InChI is InChI=1S/C23H45NO4.C2H7N/c1-4-22(28-23(27)19-25)24-21(26)18-16-14-12-10-8-6-5-7-9-11-13-15-17-20(2)3;1-3-2/h20,22,25H,4-19H2,1-3H3,(H,24,26);3H,1-2H3. The van der Waals surface area contributed by atoms with E-state index in [2.05, 4.69) is 24.5 Å². The molecule has 0 aliphatic carbocycles. The fraction of sp³-hybridized carbons (Fsp3) is 0.920. The number of nitrogens with one attached hydrogen (secondary N) is 2. The topological polar surface area (TPSA) is 87.7 Å². The summed E-state index contributed by atoms with van der Waals surface area (Å²) in [6.45, 7) is 5.76. The van der Waals surface area contributed by atoms with E-state index in [1.54, 1.807) is 0 Å². The van der Waals surface area contributed by atoms with Crippen LogP contribution in [-0.2, 0) is 14.3 Å². The van der Waals surface area contributed by atoms with Gasteiger partial charge in [0.2, 0.25) is 5.91 Å². The van der Waals surface area contributed by atoms with Gasteiger partial charge in [0.05, 0.1) is 0 Å². The molecule has 1 atom stereocenters. The third kappa shape index (κ3) is 26.8. The summed E-state index contributed by atoms with van der Waals surface area (Å²) in [4.78, 5) is 22.9. The van der Waals surface area contributed by atoms with E-state index in [1.165, 1.54) is 70.6 Å². The van der Waals surface area contributed by atoms with Gasteiger partial charge >= 0.3 is 5.97 Å². The Morgan fingerprint density at radius 3 is 1.61 bits per heavy atom. The first-order valence-electron chi connectivity index (χ1n) is 12.6. The molecule has 0 aromatic heterocycles. The fourth-order valence-corrected chi connectivity index (χ4v) is 3.27. The zero-order valence-electron chi connectivity index (χ0n) is 21.1. The highest BCUT2D eigenvalue weighted by Crippen LogP contribution is 2.14. The van der Waals surface area contributed by atoms with Crippen molar-refractivity contribution in [2.45, 2.75) is 123 Å². The van der Waals surface area contributed by atoms with E-state index in [4.69, 9.17) is 9.84 Å². The Morgan fingerprint density at radius 1 is 0.806 bits per heavy atom. The van der Waals surface area contributed by atoms with Crippen molar-refractivity contribution >= 4 is 11.9 Å². The molecule has 186 valence electrons. The highest BCUT2D eigenvalue weighted by molar-refractivity contribution is 5.76. The number of esters is 1. The van der Waals surface area contributed by atoms with Crippen molar-refractivity contribution in [3.05, 3.63) is 0 Å². The molecule has 3 N–H and O–H groups in total. The number of carbonyl (C=O) groups excluding carboxylic acids is 2. The van der Waals surface area contributed by atoms with Crippen molar-refractivity contribution in [2.24, 2.45) is 5.92 Å². The maximum Gasteiger partial charge on any atom is 0.333 e. The summed E-state index contributed by atoms with van der Waals surface area (Å²) in [5.41, 5.74) is 0. The van der Waals surface area contributed by atoms with Crippen LogP contribution in [0, 0.1) is 5.92 Å². The van der Waals surface area contributed by atoms with E-state index >= 15 is 0 Å². The monoisotopic (exact) mass is 444 g/mol. The van der Waals surface area contributed by atoms with Crippen molar-refractivity contribution < 1.29 is 19.4 Å². The maximum atomic E-state index is 11.9. The molecule has 6 nitrogen and oxygen atoms in total. The number of carbonyl (C=O) groups is 2. The first-order chi connectivity index (χ1) is 14.9. The lowest BCUT2D eigenvalue weighted by atomic mass is 10.0. The van der Waals surface area contributed by atoms with Crippen molar-refractivity contribution in [3.63, 3.8) is 0 Å². The Hall–Kier alpha value is -1.14. The molecule has 0 spiro atoms. The van der Waals surface area contributed by atoms with Crippen molar-refractivity contribution in [1.29, 1.82) is 0 Å². The Labute approximate surface area is 192 Å². The summed E-state index contributed by atoms with van der Waals surface area (Å²) in [5.74, 6) is 0.0449. The van der Waals surface area contributed by atoms with Gasteiger partial charge in [0.1, 0.15) is 6.61 Å². The van der Waals surface area contributed by atoms with Gasteiger partial charge in [-0.25, -0.2) is 4.79 Å². The van der Waals surface area contributed by atoms with Crippen molar-refractivity contribution in [2.75, 3.05) is 20.7 Å². The van der Waals surface area contributed by atoms with Gasteiger partial charge in [-0.15, -0.1) is 0 Å². The molecule has 1 amide bonds. The smallest absolute Gasteiger partial charge is 0.333 e. The first-order valence-corrected chi connectivity index (χ1v) is 12.6. The molecule has 0 bridgehead atoms. The predicted molar refractivity (Wildman–Crippen MR) is 130 cm³/mol. The lowest BCUT2D eigenvalue weighted by Crippen LogP contribution is -2.38. The summed E-state index contributed by atoms with van der Waals surface area (Å²) in [7, 11) is 3.75. The average Bonchev–Trinajstić information content (AvgIpc) is 2.73. The molecule has 31 heavy (non-hydrogen) atoms. The molecule has 0 saturated heterocycles. The molecule has 0 aromatic rings. The number of ether oxygens (including phenoxy) is 1. The van der Waals surface area contributed by atoms with Gasteiger partial charge in [-0.1, -0.05) is 97.8 Å². The Morgan fingerprint density at radius 2 is 1.23 bits per heavy atom. The van der Waals surface area contributed by atoms with Gasteiger partial charge in [-0.3, -0.25) is 4.79 Å². The van der Waals surface area contributed by atoms with Crippen LogP contribution >= 0.6 is 0 Å². The third-order valence-corrected chi connectivity index (χ3v) is 5.03. The molecular formula is C25H52N2O4. The van der Waals surface area contributed by atoms with Crippen LogP contribution in [0.15, 0.2) is 0 Å². The number of aliphatic hydroxyl groups is 1. The highest BCUT2D eigenvalue weighted by Gasteiger charge is 2.14. The summed E-state index contributed by atoms with van der Waals surface area (Å²) >= 11 is 0. The normalized spacial score (nSPS) is 11.6. The van der Waals surface area contributed by atoms with Gasteiger partial charge in [-0.05, 0) is 26.4 Å². The molecule has 0 saturated carbocycles. The number of aliphatic hydroxyl groups excluding tert-OH is 1. The number of hydrogen-bond acceptors (Lipinski definition) is 5. The second-order valence-electron chi connectivity index (χ2n) is 8.79. The van der Waals surface area contributed by atoms with E-state index in [0.29, 0.717) is 12.8 Å². The third-order valence-electron chi connectivity index (χ3n) is 5.03. The molecular weight excluding hydrogens is 392 g/mol. The lowest BCUT2D eigenvalue weighted by molar-refractivity contribution is -0.155. The molecule has 0 fully saturated rings. The average molecular weight is 445 g/mol. The Balaban J connectivity index is 0. The molecule has 0 rings (SSSR count). The van der Waals surface area contributed by atoms with Crippen molar-refractivity contribution in [3.8, 4) is 0 Å². The summed E-state index contributed by atoms with van der Waals surface area (Å²) in [6.07, 6.45) is 17.0. The summed E-state index contributed by atoms with van der Waals surface area (Å²) < 4.78 is 4.93. The second kappa shape index (κ2) is 25.1. The zero-order valence-corrected chi connectivity index (χ0v) is 21.1. The summed E-state index contributed by atoms with van der Waals surface area (Å²) in [5, 5.41) is 14.1. The van der Waals surface area contributed by atoms with Crippen LogP contribution < -0.4 is 10.6 Å². The van der Waals surface area contributed by atoms with Crippen molar-refractivity contribution in [1.82, 2.24) is 10.6 Å². The minimum Gasteiger partial charge on any atom is -0.440 e. The summed E-state index contributed by atoms with van der Waals surface area (Å²) in [6, 6.07) is 0. The molecule has 1 unspecified atom stereocenters. The van der Waals surface area contributed by atoms with Gasteiger partial charge in [-0.2, -0.15) is 0 Å². The van der Waals surface area contributed by atoms with Crippen LogP contribution in [0.5, 0.6) is 0 Å². The molecule has 0 radical (unpaired) electrons. The minimum absolute atomic E-state index is 0.0917. The van der Waals surface area contributed by atoms with Gasteiger partial charge in [0.25, 0.3) is 0 Å². The zero-order chi connectivity index (χ0) is 23.7. The van der Waals surface area contributed by atoms with Crippen LogP contribution in [0.1, 0.15) is 117 Å².